The largest absolute Gasteiger partial charge is 0.304 e. The van der Waals surface area contributed by atoms with E-state index in [-0.39, 0.29) is 46.7 Å². The normalized spacial score (nSPS) is 11.2. The number of fused-ring (bicyclic) bond motifs is 2. The summed E-state index contributed by atoms with van der Waals surface area (Å²) >= 11 is 0. The van der Waals surface area contributed by atoms with Crippen molar-refractivity contribution >= 4 is 57.8 Å². The van der Waals surface area contributed by atoms with Crippen molar-refractivity contribution in [2.24, 2.45) is 0 Å². The Labute approximate surface area is 447 Å². The number of hydrogen-bond donors (Lipinski definition) is 3. The summed E-state index contributed by atoms with van der Waals surface area (Å²) in [5.74, 6) is -5.53. The van der Waals surface area contributed by atoms with E-state index in [9.17, 15) is 45.5 Å². The van der Waals surface area contributed by atoms with Gasteiger partial charge in [0.2, 0.25) is 0 Å². The Bertz CT molecular complexity index is 3960. The predicted octanol–water partition coefficient (Wildman–Crippen LogP) is 13.6. The molecule has 0 aliphatic carbocycles. The van der Waals surface area contributed by atoms with E-state index in [0.29, 0.717) is 51.1 Å². The van der Waals surface area contributed by atoms with Gasteiger partial charge in [-0.2, -0.15) is 10.2 Å². The summed E-state index contributed by atoms with van der Waals surface area (Å²) in [6.07, 6.45) is 1.51. The third-order valence-electron chi connectivity index (χ3n) is 13.1. The van der Waals surface area contributed by atoms with Gasteiger partial charge >= 0.3 is 0 Å². The first-order valence-electron chi connectivity index (χ1n) is 24.5. The van der Waals surface area contributed by atoms with Crippen molar-refractivity contribution in [1.82, 2.24) is 20.0 Å². The minimum Gasteiger partial charge on any atom is -0.304 e. The number of anilines is 2. The van der Waals surface area contributed by atoms with Crippen LogP contribution in [0.1, 0.15) is 80.4 Å². The first-order valence-corrected chi connectivity index (χ1v) is 24.5. The molecule has 0 fully saturated rings. The second-order valence-electron chi connectivity index (χ2n) is 18.4. The minimum absolute atomic E-state index is 0.135. The number of benzene rings is 9. The third-order valence-corrected chi connectivity index (χ3v) is 13.1. The number of hydrogen-bond acceptors (Lipinski definition) is 6. The molecular weight excluding hydrogens is 1020 g/mol. The molecule has 16 heteroatoms. The highest BCUT2D eigenvalue weighted by Crippen LogP contribution is 2.44. The van der Waals surface area contributed by atoms with Crippen molar-refractivity contribution in [3.05, 3.63) is 296 Å². The number of carbonyl (C=O) groups excluding carboxylic acids is 4. The van der Waals surface area contributed by atoms with Gasteiger partial charge in [0.1, 0.15) is 53.0 Å². The fourth-order valence-corrected chi connectivity index (χ4v) is 9.62. The van der Waals surface area contributed by atoms with E-state index in [1.807, 2.05) is 108 Å². The molecule has 9 aromatic carbocycles. The highest BCUT2D eigenvalue weighted by Gasteiger charge is 2.41. The Morgan fingerprint density at radius 3 is 1.35 bits per heavy atom. The number of H-pyrrole nitrogens is 1. The van der Waals surface area contributed by atoms with Gasteiger partial charge in [0.15, 0.2) is 11.6 Å². The van der Waals surface area contributed by atoms with E-state index in [2.05, 4.69) is 20.8 Å². The summed E-state index contributed by atoms with van der Waals surface area (Å²) in [5.41, 5.74) is 4.86. The highest BCUT2D eigenvalue weighted by molar-refractivity contribution is 6.10. The number of nitrogens with one attached hydrogen (secondary N) is 3. The second kappa shape index (κ2) is 22.5. The average molecular weight is 1060 g/mol. The number of aldehydes is 2. The van der Waals surface area contributed by atoms with Crippen LogP contribution in [0, 0.1) is 34.9 Å². The maximum Gasteiger partial charge on any atom is 0.259 e. The van der Waals surface area contributed by atoms with Gasteiger partial charge in [-0.15, -0.1) is 0 Å². The van der Waals surface area contributed by atoms with Crippen LogP contribution in [0.25, 0.3) is 21.8 Å². The summed E-state index contributed by atoms with van der Waals surface area (Å²) in [7, 11) is 0. The maximum absolute atomic E-state index is 14.9. The second-order valence-corrected chi connectivity index (χ2v) is 18.4. The van der Waals surface area contributed by atoms with Gasteiger partial charge in [0.25, 0.3) is 11.8 Å². The molecule has 0 radical (unpaired) electrons. The molecule has 11 aromatic rings. The Morgan fingerprint density at radius 2 is 0.899 bits per heavy atom. The number of aromatic amines is 1. The van der Waals surface area contributed by atoms with E-state index in [0.717, 1.165) is 52.6 Å². The molecule has 0 bridgehead atoms. The molecule has 0 aliphatic rings. The maximum atomic E-state index is 14.9. The Balaban J connectivity index is 0.000000201. The van der Waals surface area contributed by atoms with Crippen molar-refractivity contribution in [1.29, 1.82) is 0 Å². The monoisotopic (exact) mass is 1060 g/mol. The molecule has 0 saturated heterocycles. The molecule has 0 atom stereocenters. The summed E-state index contributed by atoms with van der Waals surface area (Å²) < 4.78 is 85.9. The predicted molar refractivity (Wildman–Crippen MR) is 288 cm³/mol. The standard InChI is InChI=1S/C41H28F3N3O2.C22H14F3N3O2/c42-33-21-29(22-34(43)25-33)20-27-17-19-38-36(23-27)39(45-40(49)35-24-28(26-48)16-18-37(35)44)46-47(38)41(30-10-4-1-5-11-30,31-12-6-2-7-13-31)32-14-8-3-9-15-32;23-15-6-14(7-16(24)10-15)5-12-2-4-20-18(8-12)21(28-27-20)26-22(30)17-9-13(11-29)1-3-19(17)25/h1-19,21-26H,20H2,(H,45,46,49);1-4,6-11H,5H2,(H2,26,27,28,30). The van der Waals surface area contributed by atoms with Gasteiger partial charge < -0.3 is 10.6 Å². The topological polar surface area (TPSA) is 139 Å². The molecule has 0 spiro atoms. The summed E-state index contributed by atoms with van der Waals surface area (Å²) in [6.45, 7) is 0. The van der Waals surface area contributed by atoms with E-state index in [4.69, 9.17) is 5.10 Å². The average Bonchev–Trinajstić information content (AvgIpc) is 4.27. The van der Waals surface area contributed by atoms with Crippen LogP contribution in [-0.2, 0) is 18.4 Å². The zero-order chi connectivity index (χ0) is 55.2. The number of halogens is 6. The molecule has 0 unspecified atom stereocenters. The van der Waals surface area contributed by atoms with Crippen LogP contribution >= 0.6 is 0 Å². The van der Waals surface area contributed by atoms with Crippen molar-refractivity contribution in [2.75, 3.05) is 10.6 Å². The van der Waals surface area contributed by atoms with Crippen molar-refractivity contribution < 1.29 is 45.5 Å². The minimum atomic E-state index is -1.05. The van der Waals surface area contributed by atoms with Crippen LogP contribution in [-0.4, -0.2) is 44.4 Å². The first kappa shape index (κ1) is 52.2. The third kappa shape index (κ3) is 11.1. The number of amides is 2. The van der Waals surface area contributed by atoms with E-state index < -0.39 is 52.3 Å². The van der Waals surface area contributed by atoms with Gasteiger partial charge in [-0.1, -0.05) is 103 Å². The number of rotatable bonds is 14. The highest BCUT2D eigenvalue weighted by atomic mass is 19.2. The molecule has 390 valence electrons. The molecule has 2 amide bonds. The number of nitrogens with zero attached hydrogens (tertiary/aromatic N) is 3. The van der Waals surface area contributed by atoms with E-state index >= 15 is 0 Å². The molecule has 3 N–H and O–H groups in total. The van der Waals surface area contributed by atoms with Gasteiger partial charge in [-0.25, -0.2) is 31.0 Å². The van der Waals surface area contributed by atoms with Crippen LogP contribution < -0.4 is 10.6 Å². The van der Waals surface area contributed by atoms with Crippen LogP contribution in [0.5, 0.6) is 0 Å². The Hall–Kier alpha value is -10.2. The number of aromatic nitrogens is 4. The van der Waals surface area contributed by atoms with Crippen LogP contribution in [0.4, 0.5) is 38.0 Å². The van der Waals surface area contributed by atoms with Crippen molar-refractivity contribution in [3.8, 4) is 0 Å². The van der Waals surface area contributed by atoms with Crippen LogP contribution in [0.3, 0.4) is 0 Å². The van der Waals surface area contributed by atoms with Crippen molar-refractivity contribution in [2.45, 2.75) is 18.4 Å². The number of carbonyl (C=O) groups is 4. The van der Waals surface area contributed by atoms with E-state index in [1.165, 1.54) is 42.5 Å². The van der Waals surface area contributed by atoms with Gasteiger partial charge in [0, 0.05) is 34.0 Å². The lowest BCUT2D eigenvalue weighted by molar-refractivity contribution is 0.101. The quantitative estimate of drug-likeness (QED) is 0.0563. The van der Waals surface area contributed by atoms with Crippen molar-refractivity contribution in [3.63, 3.8) is 0 Å². The molecule has 2 heterocycles. The summed E-state index contributed by atoms with van der Waals surface area (Å²) in [6, 6.07) is 53.9. The zero-order valence-electron chi connectivity index (χ0n) is 41.4. The fraction of sp³-hybridized carbons (Fsp3) is 0.0476. The molecule has 0 aliphatic heterocycles. The SMILES string of the molecule is O=Cc1ccc(F)c(C(=O)Nc2n[nH]c3ccc(Cc4cc(F)cc(F)c4)cc23)c1.O=Cc1ccc(F)c(C(=O)Nc2nn(C(c3ccccc3)(c3ccccc3)c3ccccc3)c3ccc(Cc4cc(F)cc(F)c4)cc23)c1. The molecule has 79 heavy (non-hydrogen) atoms. The van der Waals surface area contributed by atoms with E-state index in [1.54, 1.807) is 24.3 Å². The Kier molecular flexibility index (Phi) is 14.9. The lowest BCUT2D eigenvalue weighted by Crippen LogP contribution is -2.38. The zero-order valence-corrected chi connectivity index (χ0v) is 41.4. The van der Waals surface area contributed by atoms with Crippen LogP contribution in [0.15, 0.2) is 200 Å². The Morgan fingerprint density at radius 1 is 0.468 bits per heavy atom. The molecule has 11 rings (SSSR count). The fourth-order valence-electron chi connectivity index (χ4n) is 9.62. The first-order chi connectivity index (χ1) is 38.3. The van der Waals surface area contributed by atoms with Crippen LogP contribution in [0.2, 0.25) is 0 Å². The molecule has 2 aromatic heterocycles. The smallest absolute Gasteiger partial charge is 0.259 e. The summed E-state index contributed by atoms with van der Waals surface area (Å²) in [5, 5.41) is 18.3. The van der Waals surface area contributed by atoms with Gasteiger partial charge in [-0.3, -0.25) is 24.3 Å². The molecular formula is C63H42F6N6O4. The van der Waals surface area contributed by atoms with Gasteiger partial charge in [0.05, 0.1) is 22.2 Å². The molecule has 10 nitrogen and oxygen atoms in total. The summed E-state index contributed by atoms with van der Waals surface area (Å²) in [4.78, 5) is 48.5. The molecule has 0 saturated carbocycles. The lowest BCUT2D eigenvalue weighted by atomic mass is 9.77. The lowest BCUT2D eigenvalue weighted by Gasteiger charge is -2.37. The van der Waals surface area contributed by atoms with Gasteiger partial charge in [-0.05, 0) is 137 Å².